The van der Waals surface area contributed by atoms with Crippen molar-refractivity contribution in [2.75, 3.05) is 12.4 Å². The minimum Gasteiger partial charge on any atom is -0.494 e. The number of hydrogen-bond donors (Lipinski definition) is 1. The molecule has 7 nitrogen and oxygen atoms in total. The van der Waals surface area contributed by atoms with Gasteiger partial charge in [-0.2, -0.15) is 0 Å². The van der Waals surface area contributed by atoms with Gasteiger partial charge in [-0.25, -0.2) is 4.79 Å². The number of allylic oxidation sites excluding steroid dienone is 2. The van der Waals surface area contributed by atoms with E-state index in [9.17, 15) is 14.4 Å². The van der Waals surface area contributed by atoms with Crippen molar-refractivity contribution < 1.29 is 23.9 Å². The SMILES string of the molecule is O=C(Cc1ccccc1)N[C@@H]1C(=O)N2C(C(=O)OC(c3ccccc3)c3ccccc3)=C(C3=CCCCO3)CS[C@H]12. The lowest BCUT2D eigenvalue weighted by molar-refractivity contribution is -0.154. The Balaban J connectivity index is 1.28. The summed E-state index contributed by atoms with van der Waals surface area (Å²) in [6.45, 7) is 0.550. The fourth-order valence-corrected chi connectivity index (χ4v) is 6.67. The smallest absolute Gasteiger partial charge is 0.356 e. The van der Waals surface area contributed by atoms with E-state index in [-0.39, 0.29) is 23.9 Å². The lowest BCUT2D eigenvalue weighted by atomic mass is 9.99. The summed E-state index contributed by atoms with van der Waals surface area (Å²) < 4.78 is 12.2. The van der Waals surface area contributed by atoms with Crippen molar-refractivity contribution in [1.82, 2.24) is 10.2 Å². The van der Waals surface area contributed by atoms with E-state index in [4.69, 9.17) is 9.47 Å². The van der Waals surface area contributed by atoms with E-state index < -0.39 is 23.5 Å². The van der Waals surface area contributed by atoms with E-state index in [0.29, 0.717) is 23.7 Å². The van der Waals surface area contributed by atoms with E-state index in [1.807, 2.05) is 97.1 Å². The second-order valence-corrected chi connectivity index (χ2v) is 11.2. The highest BCUT2D eigenvalue weighted by Gasteiger charge is 2.55. The summed E-state index contributed by atoms with van der Waals surface area (Å²) in [5.41, 5.74) is 3.36. The summed E-state index contributed by atoms with van der Waals surface area (Å²) >= 11 is 1.51. The number of nitrogens with zero attached hydrogens (tertiary/aromatic N) is 1. The van der Waals surface area contributed by atoms with Crippen LogP contribution in [-0.2, 0) is 30.3 Å². The molecule has 3 heterocycles. The van der Waals surface area contributed by atoms with Gasteiger partial charge in [0.2, 0.25) is 5.91 Å². The van der Waals surface area contributed by atoms with Gasteiger partial charge in [0.05, 0.1) is 13.0 Å². The summed E-state index contributed by atoms with van der Waals surface area (Å²) in [4.78, 5) is 41.9. The Morgan fingerprint density at radius 2 is 1.59 bits per heavy atom. The minimum atomic E-state index is -0.721. The van der Waals surface area contributed by atoms with Gasteiger partial charge in [-0.05, 0) is 35.6 Å². The molecule has 0 unspecified atom stereocenters. The largest absolute Gasteiger partial charge is 0.494 e. The monoisotopic (exact) mass is 566 g/mol. The van der Waals surface area contributed by atoms with Crippen LogP contribution in [0, 0.1) is 0 Å². The van der Waals surface area contributed by atoms with Gasteiger partial charge in [0.15, 0.2) is 6.10 Å². The molecule has 41 heavy (non-hydrogen) atoms. The molecule has 0 bridgehead atoms. The van der Waals surface area contributed by atoms with E-state index in [1.165, 1.54) is 16.7 Å². The van der Waals surface area contributed by atoms with Crippen LogP contribution >= 0.6 is 11.8 Å². The number of nitrogens with one attached hydrogen (secondary N) is 1. The van der Waals surface area contributed by atoms with Crippen LogP contribution in [0.15, 0.2) is 114 Å². The lowest BCUT2D eigenvalue weighted by Gasteiger charge is -2.50. The van der Waals surface area contributed by atoms with Crippen LogP contribution in [-0.4, -0.2) is 46.5 Å². The summed E-state index contributed by atoms with van der Waals surface area (Å²) in [7, 11) is 0. The quantitative estimate of drug-likeness (QED) is 0.308. The maximum Gasteiger partial charge on any atom is 0.356 e. The van der Waals surface area contributed by atoms with E-state index in [1.54, 1.807) is 0 Å². The molecule has 0 aliphatic carbocycles. The predicted molar refractivity (Wildman–Crippen MR) is 156 cm³/mol. The van der Waals surface area contributed by atoms with Crippen molar-refractivity contribution >= 4 is 29.5 Å². The van der Waals surface area contributed by atoms with Crippen molar-refractivity contribution in [3.05, 3.63) is 131 Å². The molecule has 1 N–H and O–H groups in total. The zero-order chi connectivity index (χ0) is 28.2. The molecule has 208 valence electrons. The number of carbonyl (C=O) groups excluding carboxylic acids is 3. The van der Waals surface area contributed by atoms with Gasteiger partial charge in [-0.3, -0.25) is 14.5 Å². The topological polar surface area (TPSA) is 84.9 Å². The van der Waals surface area contributed by atoms with Crippen LogP contribution in [0.25, 0.3) is 0 Å². The zero-order valence-electron chi connectivity index (χ0n) is 22.4. The number of rotatable bonds is 8. The highest BCUT2D eigenvalue weighted by molar-refractivity contribution is 8.00. The zero-order valence-corrected chi connectivity index (χ0v) is 23.2. The van der Waals surface area contributed by atoms with E-state index in [0.717, 1.165) is 29.5 Å². The Bertz CT molecular complexity index is 1450. The number of carbonyl (C=O) groups is 3. The Labute approximate surface area is 243 Å². The second-order valence-electron chi connectivity index (χ2n) is 10.1. The Kier molecular flexibility index (Phi) is 7.91. The van der Waals surface area contributed by atoms with Crippen LogP contribution in [0.3, 0.4) is 0 Å². The molecule has 0 aromatic heterocycles. The molecule has 3 aliphatic rings. The van der Waals surface area contributed by atoms with Gasteiger partial charge in [0.25, 0.3) is 5.91 Å². The summed E-state index contributed by atoms with van der Waals surface area (Å²) in [6, 6.07) is 27.8. The predicted octanol–water partition coefficient (Wildman–Crippen LogP) is 4.91. The summed E-state index contributed by atoms with van der Waals surface area (Å²) in [5, 5.41) is 2.48. The molecule has 2 atom stereocenters. The molecule has 0 radical (unpaired) electrons. The molecule has 2 amide bonds. The number of esters is 1. The van der Waals surface area contributed by atoms with Crippen molar-refractivity contribution in [1.29, 1.82) is 0 Å². The van der Waals surface area contributed by atoms with Gasteiger partial charge >= 0.3 is 5.97 Å². The molecule has 3 aromatic carbocycles. The van der Waals surface area contributed by atoms with Gasteiger partial charge in [-0.1, -0.05) is 91.0 Å². The number of ether oxygens (including phenoxy) is 2. The third-order valence-corrected chi connectivity index (χ3v) is 8.63. The highest BCUT2D eigenvalue weighted by atomic mass is 32.2. The molecule has 1 fully saturated rings. The number of β-lactam (4-membered cyclic amide) rings is 1. The second kappa shape index (κ2) is 12.1. The summed E-state index contributed by atoms with van der Waals surface area (Å²) in [5.74, 6) is -0.0902. The lowest BCUT2D eigenvalue weighted by Crippen LogP contribution is -2.70. The molecule has 3 aromatic rings. The Morgan fingerprint density at radius 3 is 2.20 bits per heavy atom. The maximum absolute atomic E-state index is 14.1. The number of fused-ring (bicyclic) bond motifs is 1. The Morgan fingerprint density at radius 1 is 0.951 bits per heavy atom. The van der Waals surface area contributed by atoms with Crippen LogP contribution < -0.4 is 5.32 Å². The molecule has 1 saturated heterocycles. The standard InChI is InChI=1S/C33H30N2O5S/c36-27(20-22-12-4-1-5-13-22)34-28-31(37)35-29(25(21-41-32(28)35)26-18-10-11-19-39-26)33(38)40-30(23-14-6-2-7-15-23)24-16-8-3-9-17-24/h1-9,12-18,28,30,32H,10-11,19-21H2,(H,34,36)/t28-,32-/m1/s1. The molecule has 0 saturated carbocycles. The van der Waals surface area contributed by atoms with Gasteiger partial charge in [0.1, 0.15) is 22.9 Å². The normalized spacial score (nSPS) is 20.0. The highest BCUT2D eigenvalue weighted by Crippen LogP contribution is 2.44. The number of hydrogen-bond acceptors (Lipinski definition) is 6. The first kappa shape index (κ1) is 26.9. The van der Waals surface area contributed by atoms with Crippen molar-refractivity contribution in [3.63, 3.8) is 0 Å². The van der Waals surface area contributed by atoms with Crippen LogP contribution in [0.1, 0.15) is 35.6 Å². The average molecular weight is 567 g/mol. The Hall–Kier alpha value is -4.30. The van der Waals surface area contributed by atoms with E-state index >= 15 is 0 Å². The molecular formula is C33H30N2O5S. The first-order valence-corrected chi connectivity index (χ1v) is 14.8. The first-order chi connectivity index (χ1) is 20.1. The van der Waals surface area contributed by atoms with Gasteiger partial charge in [0, 0.05) is 11.3 Å². The third kappa shape index (κ3) is 5.65. The number of thioether (sulfide) groups is 1. The third-order valence-electron chi connectivity index (χ3n) is 7.35. The number of benzene rings is 3. The van der Waals surface area contributed by atoms with Crippen LogP contribution in [0.2, 0.25) is 0 Å². The maximum atomic E-state index is 14.1. The first-order valence-electron chi connectivity index (χ1n) is 13.8. The number of amides is 2. The molecule has 8 heteroatoms. The molecule has 6 rings (SSSR count). The van der Waals surface area contributed by atoms with Crippen LogP contribution in [0.5, 0.6) is 0 Å². The van der Waals surface area contributed by atoms with Gasteiger partial charge in [-0.15, -0.1) is 11.8 Å². The van der Waals surface area contributed by atoms with E-state index in [2.05, 4.69) is 5.32 Å². The van der Waals surface area contributed by atoms with Crippen LogP contribution in [0.4, 0.5) is 0 Å². The average Bonchev–Trinajstić information content (AvgIpc) is 3.03. The molecule has 3 aliphatic heterocycles. The summed E-state index contributed by atoms with van der Waals surface area (Å²) in [6.07, 6.45) is 3.22. The minimum absolute atomic E-state index is 0.175. The fraction of sp³-hybridized carbons (Fsp3) is 0.242. The molecule has 0 spiro atoms. The van der Waals surface area contributed by atoms with Crippen molar-refractivity contribution in [2.45, 2.75) is 36.8 Å². The van der Waals surface area contributed by atoms with Crippen molar-refractivity contribution in [2.24, 2.45) is 0 Å². The van der Waals surface area contributed by atoms with Crippen molar-refractivity contribution in [3.8, 4) is 0 Å². The van der Waals surface area contributed by atoms with Gasteiger partial charge < -0.3 is 14.8 Å². The fourth-order valence-electron chi connectivity index (χ4n) is 5.32. The molecular weight excluding hydrogens is 536 g/mol.